The summed E-state index contributed by atoms with van der Waals surface area (Å²) in [6.07, 6.45) is 1.51. The molecule has 0 unspecified atom stereocenters. The lowest BCUT2D eigenvalue weighted by molar-refractivity contribution is 0.0992. The molecule has 1 heterocycles. The van der Waals surface area contributed by atoms with E-state index < -0.39 is 5.91 Å². The van der Waals surface area contributed by atoms with Crippen LogP contribution in [0.25, 0.3) is 0 Å². The number of hydrogen-bond donors (Lipinski definition) is 3. The summed E-state index contributed by atoms with van der Waals surface area (Å²) in [4.78, 5) is 11.4. The topological polar surface area (TPSA) is 85.0 Å². The lowest BCUT2D eigenvalue weighted by Gasteiger charge is -2.13. The van der Waals surface area contributed by atoms with Crippen LogP contribution in [0, 0.1) is 13.8 Å². The van der Waals surface area contributed by atoms with Crippen molar-refractivity contribution in [2.75, 3.05) is 10.6 Å². The van der Waals surface area contributed by atoms with Crippen LogP contribution in [0.4, 0.5) is 11.4 Å². The fourth-order valence-corrected chi connectivity index (χ4v) is 2.20. The Hall–Kier alpha value is -2.41. The molecule has 0 bridgehead atoms. The third-order valence-electron chi connectivity index (χ3n) is 3.27. The van der Waals surface area contributed by atoms with Crippen molar-refractivity contribution in [1.29, 1.82) is 0 Å². The van der Waals surface area contributed by atoms with Crippen molar-refractivity contribution in [2.45, 2.75) is 13.8 Å². The van der Waals surface area contributed by atoms with E-state index in [0.717, 1.165) is 11.3 Å². The van der Waals surface area contributed by atoms with Gasteiger partial charge in [-0.2, -0.15) is 5.10 Å². The zero-order valence-corrected chi connectivity index (χ0v) is 12.9. The van der Waals surface area contributed by atoms with Gasteiger partial charge in [0.25, 0.3) is 5.91 Å². The molecule has 0 radical (unpaired) electrons. The van der Waals surface area contributed by atoms with Gasteiger partial charge in [-0.05, 0) is 43.3 Å². The second kappa shape index (κ2) is 5.92. The Morgan fingerprint density at radius 1 is 1.29 bits per heavy atom. The Kier molecular flexibility index (Phi) is 4.23. The number of carbonyl (C=O) groups is 1. The van der Waals surface area contributed by atoms with Crippen LogP contribution < -0.4 is 16.4 Å². The molecule has 0 aliphatic heterocycles. The van der Waals surface area contributed by atoms with Crippen molar-refractivity contribution in [3.05, 3.63) is 41.2 Å². The number of thiocarbonyl (C=S) groups is 1. The molecular weight excluding hydrogens is 286 g/mol. The SMILES string of the molecule is Cc1cccc(NC(=S)Nc2cnn(C)c2C(N)=O)c1C. The van der Waals surface area contributed by atoms with Gasteiger partial charge in [0, 0.05) is 12.7 Å². The first kappa shape index (κ1) is 15.0. The maximum Gasteiger partial charge on any atom is 0.269 e. The summed E-state index contributed by atoms with van der Waals surface area (Å²) in [6, 6.07) is 5.92. The lowest BCUT2D eigenvalue weighted by atomic mass is 10.1. The Morgan fingerprint density at radius 2 is 1.95 bits per heavy atom. The Morgan fingerprint density at radius 3 is 2.62 bits per heavy atom. The lowest BCUT2D eigenvalue weighted by Crippen LogP contribution is -2.23. The van der Waals surface area contributed by atoms with Crippen LogP contribution in [0.5, 0.6) is 0 Å². The summed E-state index contributed by atoms with van der Waals surface area (Å²) in [5, 5.41) is 10.4. The quantitative estimate of drug-likeness (QED) is 0.755. The molecule has 0 aliphatic rings. The van der Waals surface area contributed by atoms with Crippen LogP contribution in [-0.4, -0.2) is 20.8 Å². The average molecular weight is 303 g/mol. The normalized spacial score (nSPS) is 10.2. The summed E-state index contributed by atoms with van der Waals surface area (Å²) >= 11 is 5.26. The van der Waals surface area contributed by atoms with Crippen molar-refractivity contribution >= 4 is 34.6 Å². The van der Waals surface area contributed by atoms with Gasteiger partial charge in [-0.25, -0.2) is 0 Å². The summed E-state index contributed by atoms with van der Waals surface area (Å²) in [5.41, 5.74) is 9.28. The highest BCUT2D eigenvalue weighted by Crippen LogP contribution is 2.19. The Balaban J connectivity index is 2.16. The second-order valence-electron chi connectivity index (χ2n) is 4.72. The highest BCUT2D eigenvalue weighted by atomic mass is 32.1. The third-order valence-corrected chi connectivity index (χ3v) is 3.48. The first-order valence-electron chi connectivity index (χ1n) is 6.36. The van der Waals surface area contributed by atoms with Gasteiger partial charge in [-0.1, -0.05) is 12.1 Å². The molecule has 2 aromatic rings. The van der Waals surface area contributed by atoms with Crippen LogP contribution in [-0.2, 0) is 7.05 Å². The van der Waals surface area contributed by atoms with Crippen LogP contribution in [0.3, 0.4) is 0 Å². The number of anilines is 2. The summed E-state index contributed by atoms with van der Waals surface area (Å²) < 4.78 is 1.41. The number of nitrogens with two attached hydrogens (primary N) is 1. The van der Waals surface area contributed by atoms with E-state index in [4.69, 9.17) is 18.0 Å². The van der Waals surface area contributed by atoms with E-state index in [1.165, 1.54) is 16.4 Å². The van der Waals surface area contributed by atoms with Crippen LogP contribution in [0.1, 0.15) is 21.6 Å². The number of carbonyl (C=O) groups excluding carboxylic acids is 1. The molecule has 0 spiro atoms. The third kappa shape index (κ3) is 3.19. The zero-order valence-electron chi connectivity index (χ0n) is 12.1. The highest BCUT2D eigenvalue weighted by Gasteiger charge is 2.15. The van der Waals surface area contributed by atoms with E-state index in [-0.39, 0.29) is 5.69 Å². The average Bonchev–Trinajstić information content (AvgIpc) is 2.76. The molecule has 0 saturated heterocycles. The number of aryl methyl sites for hydroxylation is 2. The monoisotopic (exact) mass is 303 g/mol. The molecule has 0 atom stereocenters. The van der Waals surface area contributed by atoms with Gasteiger partial charge in [-0.15, -0.1) is 0 Å². The van der Waals surface area contributed by atoms with Crippen LogP contribution in [0.15, 0.2) is 24.4 Å². The van der Waals surface area contributed by atoms with Crippen LogP contribution in [0.2, 0.25) is 0 Å². The number of nitrogens with zero attached hydrogens (tertiary/aromatic N) is 2. The number of benzene rings is 1. The largest absolute Gasteiger partial charge is 0.364 e. The Labute approximate surface area is 128 Å². The first-order chi connectivity index (χ1) is 9.90. The number of primary amides is 1. The fraction of sp³-hybridized carbons (Fsp3) is 0.214. The van der Waals surface area contributed by atoms with Gasteiger partial charge in [0.2, 0.25) is 0 Å². The molecule has 2 rings (SSSR count). The maximum absolute atomic E-state index is 11.4. The van der Waals surface area contributed by atoms with E-state index in [0.29, 0.717) is 10.8 Å². The number of rotatable bonds is 3. The molecule has 0 aliphatic carbocycles. The number of amides is 1. The number of nitrogens with one attached hydrogen (secondary N) is 2. The molecule has 0 saturated carbocycles. The summed E-state index contributed by atoms with van der Waals surface area (Å²) in [7, 11) is 1.65. The molecule has 1 aromatic carbocycles. The van der Waals surface area contributed by atoms with E-state index >= 15 is 0 Å². The second-order valence-corrected chi connectivity index (χ2v) is 5.13. The standard InChI is InChI=1S/C14H17N5OS/c1-8-5-4-6-10(9(8)2)17-14(21)18-11-7-16-19(3)12(11)13(15)20/h4-7H,1-3H3,(H2,15,20)(H2,17,18,21). The summed E-state index contributed by atoms with van der Waals surface area (Å²) in [5.74, 6) is -0.563. The number of hydrogen-bond acceptors (Lipinski definition) is 3. The number of aromatic nitrogens is 2. The van der Waals surface area contributed by atoms with Crippen LogP contribution >= 0.6 is 12.2 Å². The van der Waals surface area contributed by atoms with Crippen molar-refractivity contribution in [3.8, 4) is 0 Å². The van der Waals surface area contributed by atoms with Gasteiger partial charge in [0.05, 0.1) is 11.9 Å². The molecule has 1 amide bonds. The minimum absolute atomic E-state index is 0.278. The highest BCUT2D eigenvalue weighted by molar-refractivity contribution is 7.80. The van der Waals surface area contributed by atoms with Gasteiger partial charge >= 0.3 is 0 Å². The smallest absolute Gasteiger partial charge is 0.269 e. The van der Waals surface area contributed by atoms with Crippen molar-refractivity contribution in [1.82, 2.24) is 9.78 Å². The minimum Gasteiger partial charge on any atom is -0.364 e. The molecule has 21 heavy (non-hydrogen) atoms. The van der Waals surface area contributed by atoms with Gasteiger partial charge < -0.3 is 16.4 Å². The fourth-order valence-electron chi connectivity index (χ4n) is 1.98. The van der Waals surface area contributed by atoms with E-state index in [2.05, 4.69) is 15.7 Å². The molecule has 6 nitrogen and oxygen atoms in total. The molecule has 0 fully saturated rings. The molecular formula is C14H17N5OS. The van der Waals surface area contributed by atoms with Crippen molar-refractivity contribution < 1.29 is 4.79 Å². The Bertz CT molecular complexity index is 707. The van der Waals surface area contributed by atoms with Gasteiger partial charge in [0.15, 0.2) is 5.11 Å². The van der Waals surface area contributed by atoms with E-state index in [9.17, 15) is 4.79 Å². The predicted octanol–water partition coefficient (Wildman–Crippen LogP) is 1.94. The summed E-state index contributed by atoms with van der Waals surface area (Å²) in [6.45, 7) is 4.04. The van der Waals surface area contributed by atoms with E-state index in [1.54, 1.807) is 7.05 Å². The molecule has 1 aromatic heterocycles. The maximum atomic E-state index is 11.4. The predicted molar refractivity (Wildman–Crippen MR) is 87.5 cm³/mol. The van der Waals surface area contributed by atoms with Gasteiger partial charge in [0.1, 0.15) is 5.69 Å². The molecule has 7 heteroatoms. The zero-order chi connectivity index (χ0) is 15.6. The minimum atomic E-state index is -0.563. The molecule has 4 N–H and O–H groups in total. The van der Waals surface area contributed by atoms with Gasteiger partial charge in [-0.3, -0.25) is 9.48 Å². The van der Waals surface area contributed by atoms with E-state index in [1.807, 2.05) is 32.0 Å². The first-order valence-corrected chi connectivity index (χ1v) is 6.77. The molecule has 110 valence electrons. The van der Waals surface area contributed by atoms with Crippen molar-refractivity contribution in [2.24, 2.45) is 12.8 Å². The van der Waals surface area contributed by atoms with Crippen molar-refractivity contribution in [3.63, 3.8) is 0 Å².